The SMILES string of the molecule is CC/C=C\C/C=C\C/C=C\C/C=C\CCCCCCCCCCCCCCCCCCCCCCCCCCCCC(=O)NC(COC1OC(CO)C(OC2OC(CO)C(O)C(O)C2O)C(O)C1O)C(O)/C=C/CCCCCCCCCCCCCCCCCCCCCCCCCC. The maximum Gasteiger partial charge on any atom is 0.220 e. The zero-order valence-electron chi connectivity index (χ0n) is 63.7. The van der Waals surface area contributed by atoms with Gasteiger partial charge in [0, 0.05) is 6.42 Å². The summed E-state index contributed by atoms with van der Waals surface area (Å²) in [5, 5.41) is 87.8. The highest BCUT2D eigenvalue weighted by atomic mass is 16.7. The summed E-state index contributed by atoms with van der Waals surface area (Å²) in [4.78, 5) is 13.4. The molecule has 99 heavy (non-hydrogen) atoms. The fourth-order valence-electron chi connectivity index (χ4n) is 13.9. The highest BCUT2D eigenvalue weighted by Gasteiger charge is 2.51. The first-order valence-corrected chi connectivity index (χ1v) is 42.0. The van der Waals surface area contributed by atoms with E-state index in [-0.39, 0.29) is 18.9 Å². The predicted octanol–water partition coefficient (Wildman–Crippen LogP) is 19.5. The van der Waals surface area contributed by atoms with Crippen LogP contribution in [0.1, 0.15) is 380 Å². The van der Waals surface area contributed by atoms with Crippen molar-refractivity contribution in [3.63, 3.8) is 0 Å². The number of carbonyl (C=O) groups is 1. The lowest BCUT2D eigenvalue weighted by Crippen LogP contribution is -2.65. The molecule has 2 aliphatic heterocycles. The van der Waals surface area contributed by atoms with Crippen LogP contribution in [-0.4, -0.2) is 140 Å². The lowest BCUT2D eigenvalue weighted by molar-refractivity contribution is -0.359. The van der Waals surface area contributed by atoms with E-state index in [2.05, 4.69) is 67.8 Å². The number of rotatable bonds is 71. The van der Waals surface area contributed by atoms with Gasteiger partial charge in [-0.05, 0) is 57.8 Å². The number of nitrogens with one attached hydrogen (secondary N) is 1. The molecule has 0 aromatic heterocycles. The third kappa shape index (κ3) is 51.5. The second-order valence-electron chi connectivity index (χ2n) is 29.6. The van der Waals surface area contributed by atoms with Gasteiger partial charge in [-0.2, -0.15) is 0 Å². The average molecular weight is 1400 g/mol. The molecule has 2 aliphatic rings. The summed E-state index contributed by atoms with van der Waals surface area (Å²) in [6.45, 7) is 2.75. The van der Waals surface area contributed by atoms with Crippen LogP contribution < -0.4 is 5.32 Å². The minimum absolute atomic E-state index is 0.231. The highest BCUT2D eigenvalue weighted by molar-refractivity contribution is 5.76. The van der Waals surface area contributed by atoms with E-state index in [1.165, 1.54) is 289 Å². The van der Waals surface area contributed by atoms with Gasteiger partial charge in [-0.25, -0.2) is 0 Å². The molecule has 0 bridgehead atoms. The van der Waals surface area contributed by atoms with Crippen molar-refractivity contribution >= 4 is 5.91 Å². The van der Waals surface area contributed by atoms with E-state index in [0.29, 0.717) is 6.42 Å². The number of aliphatic hydroxyl groups is 8. The Bertz CT molecular complexity index is 1900. The molecule has 12 atom stereocenters. The maximum atomic E-state index is 13.4. The van der Waals surface area contributed by atoms with E-state index in [4.69, 9.17) is 18.9 Å². The minimum atomic E-state index is -1.79. The Morgan fingerprint density at radius 3 is 1.07 bits per heavy atom. The van der Waals surface area contributed by atoms with Gasteiger partial charge in [-0.15, -0.1) is 0 Å². The molecule has 14 heteroatoms. The molecule has 0 radical (unpaired) electrons. The van der Waals surface area contributed by atoms with E-state index in [1.807, 2.05) is 6.08 Å². The topological polar surface area (TPSA) is 228 Å². The molecule has 14 nitrogen and oxygen atoms in total. The van der Waals surface area contributed by atoms with Gasteiger partial charge in [0.25, 0.3) is 0 Å². The Balaban J connectivity index is 1.57. The second kappa shape index (κ2) is 68.8. The summed E-state index contributed by atoms with van der Waals surface area (Å²) in [5.74, 6) is -0.231. The highest BCUT2D eigenvalue weighted by Crippen LogP contribution is 2.30. The molecule has 580 valence electrons. The lowest BCUT2D eigenvalue weighted by Gasteiger charge is -2.46. The summed E-state index contributed by atoms with van der Waals surface area (Å²) in [7, 11) is 0. The van der Waals surface area contributed by atoms with Crippen molar-refractivity contribution in [3.8, 4) is 0 Å². The molecule has 12 unspecified atom stereocenters. The van der Waals surface area contributed by atoms with Crippen LogP contribution in [0.5, 0.6) is 0 Å². The van der Waals surface area contributed by atoms with Crippen molar-refractivity contribution in [3.05, 3.63) is 60.8 Å². The lowest BCUT2D eigenvalue weighted by atomic mass is 9.97. The van der Waals surface area contributed by atoms with Crippen molar-refractivity contribution < 1.29 is 64.6 Å². The zero-order valence-corrected chi connectivity index (χ0v) is 63.7. The first kappa shape index (κ1) is 92.8. The van der Waals surface area contributed by atoms with Crippen molar-refractivity contribution in [2.24, 2.45) is 0 Å². The third-order valence-electron chi connectivity index (χ3n) is 20.5. The van der Waals surface area contributed by atoms with Crippen LogP contribution in [0, 0.1) is 0 Å². The number of amides is 1. The van der Waals surface area contributed by atoms with Gasteiger partial charge in [-0.3, -0.25) is 4.79 Å². The van der Waals surface area contributed by atoms with Crippen LogP contribution in [0.4, 0.5) is 0 Å². The number of aliphatic hydroxyl groups excluding tert-OH is 8. The third-order valence-corrected chi connectivity index (χ3v) is 20.5. The molecule has 0 aliphatic carbocycles. The molecule has 1 amide bonds. The van der Waals surface area contributed by atoms with Crippen LogP contribution in [0.15, 0.2) is 60.8 Å². The summed E-state index contributed by atoms with van der Waals surface area (Å²) >= 11 is 0. The second-order valence-corrected chi connectivity index (χ2v) is 29.6. The van der Waals surface area contributed by atoms with Gasteiger partial charge in [0.1, 0.15) is 48.8 Å². The molecular formula is C85H157NO13. The molecule has 0 saturated carbocycles. The Labute approximate surface area is 606 Å². The Kier molecular flexibility index (Phi) is 64.5. The van der Waals surface area contributed by atoms with E-state index in [9.17, 15) is 45.6 Å². The van der Waals surface area contributed by atoms with E-state index in [1.54, 1.807) is 6.08 Å². The summed E-state index contributed by atoms with van der Waals surface area (Å²) < 4.78 is 22.9. The molecule has 2 saturated heterocycles. The van der Waals surface area contributed by atoms with Crippen molar-refractivity contribution in [2.45, 2.75) is 453 Å². The normalized spacial score (nSPS) is 22.2. The number of unbranched alkanes of at least 4 members (excludes halogenated alkanes) is 50. The van der Waals surface area contributed by atoms with Crippen LogP contribution >= 0.6 is 0 Å². The van der Waals surface area contributed by atoms with Gasteiger partial charge in [0.15, 0.2) is 12.6 Å². The van der Waals surface area contributed by atoms with Crippen LogP contribution in [0.3, 0.4) is 0 Å². The van der Waals surface area contributed by atoms with E-state index < -0.39 is 86.8 Å². The van der Waals surface area contributed by atoms with Crippen LogP contribution in [-0.2, 0) is 23.7 Å². The molecule has 0 aromatic rings. The van der Waals surface area contributed by atoms with E-state index in [0.717, 1.165) is 64.2 Å². The fraction of sp³-hybridized carbons (Fsp3) is 0.871. The van der Waals surface area contributed by atoms with Crippen LogP contribution in [0.25, 0.3) is 0 Å². The average Bonchev–Trinajstić information content (AvgIpc) is 0.794. The number of allylic oxidation sites excluding steroid dienone is 9. The van der Waals surface area contributed by atoms with Crippen molar-refractivity contribution in [1.82, 2.24) is 5.32 Å². The standard InChI is InChI=1S/C85H157NO13/c1-3-5-7-9-11-13-15-17-19-21-23-25-27-29-31-32-33-34-35-36-37-38-39-40-41-42-43-45-47-49-51-53-55-57-59-61-63-65-67-69-77(90)86-73(72-96-84-82(95)80(93)83(76(71-88)98-84)99-85-81(94)79(92)78(91)75(70-87)97-85)74(89)68-66-64-62-60-58-56-54-52-50-48-46-44-30-28-26-24-22-20-18-16-14-12-10-8-6-4-2/h5,7,11,13,17,19,23,25,66,68,73-76,78-85,87-89,91-95H,3-4,6,8-10,12,14-16,18,20-22,24,26-65,67,69-72H2,1-2H3,(H,86,90)/b7-5-,13-11-,19-17-,25-23-,68-66+. The Morgan fingerprint density at radius 2 is 0.697 bits per heavy atom. The van der Waals surface area contributed by atoms with Gasteiger partial charge < -0.3 is 65.1 Å². The number of hydrogen-bond donors (Lipinski definition) is 9. The molecule has 2 rings (SSSR count). The molecule has 2 fully saturated rings. The number of ether oxygens (including phenoxy) is 4. The minimum Gasteiger partial charge on any atom is -0.394 e. The molecule has 0 spiro atoms. The van der Waals surface area contributed by atoms with Gasteiger partial charge in [0.2, 0.25) is 5.91 Å². The fourth-order valence-corrected chi connectivity index (χ4v) is 13.9. The monoisotopic (exact) mass is 1400 g/mol. The summed E-state index contributed by atoms with van der Waals surface area (Å²) in [6.07, 6.45) is 77.5. The predicted molar refractivity (Wildman–Crippen MR) is 411 cm³/mol. The molecule has 0 aromatic carbocycles. The first-order chi connectivity index (χ1) is 48.6. The van der Waals surface area contributed by atoms with E-state index >= 15 is 0 Å². The van der Waals surface area contributed by atoms with Gasteiger partial charge in [0.05, 0.1) is 32.0 Å². The van der Waals surface area contributed by atoms with Crippen molar-refractivity contribution in [2.75, 3.05) is 19.8 Å². The number of hydrogen-bond acceptors (Lipinski definition) is 13. The summed E-state index contributed by atoms with van der Waals surface area (Å²) in [5.41, 5.74) is 0. The van der Waals surface area contributed by atoms with Gasteiger partial charge >= 0.3 is 0 Å². The van der Waals surface area contributed by atoms with Gasteiger partial charge in [-0.1, -0.05) is 376 Å². The largest absolute Gasteiger partial charge is 0.394 e. The Hall–Kier alpha value is -2.31. The number of carbonyl (C=O) groups excluding carboxylic acids is 1. The smallest absolute Gasteiger partial charge is 0.220 e. The van der Waals surface area contributed by atoms with Crippen LogP contribution in [0.2, 0.25) is 0 Å². The summed E-state index contributed by atoms with van der Waals surface area (Å²) in [6, 6.07) is -0.916. The first-order valence-electron chi connectivity index (χ1n) is 42.0. The molecule has 2 heterocycles. The Morgan fingerprint density at radius 1 is 0.374 bits per heavy atom. The molecule has 9 N–H and O–H groups in total. The quantitative estimate of drug-likeness (QED) is 0.0204. The zero-order chi connectivity index (χ0) is 71.5. The van der Waals surface area contributed by atoms with Crippen molar-refractivity contribution in [1.29, 1.82) is 0 Å². The molecular weight excluding hydrogens is 1240 g/mol. The maximum absolute atomic E-state index is 13.4.